The maximum absolute atomic E-state index is 13.8. The Morgan fingerprint density at radius 2 is 1.87 bits per heavy atom. The Labute approximate surface area is 139 Å². The molecule has 1 aliphatic rings. The van der Waals surface area contributed by atoms with E-state index in [-0.39, 0.29) is 5.75 Å². The number of benzene rings is 1. The molecule has 2 nitrogen and oxygen atoms in total. The first-order chi connectivity index (χ1) is 11.2. The van der Waals surface area contributed by atoms with E-state index in [1.54, 1.807) is 12.1 Å². The van der Waals surface area contributed by atoms with Crippen LogP contribution in [0.15, 0.2) is 18.2 Å². The van der Waals surface area contributed by atoms with Gasteiger partial charge in [-0.2, -0.15) is 5.26 Å². The minimum Gasteiger partial charge on any atom is -0.490 e. The fourth-order valence-corrected chi connectivity index (χ4v) is 3.44. The minimum absolute atomic E-state index is 0.269. The van der Waals surface area contributed by atoms with E-state index < -0.39 is 5.82 Å². The summed E-state index contributed by atoms with van der Waals surface area (Å²) in [6.45, 7) is 2.84. The molecule has 3 heteroatoms. The lowest BCUT2D eigenvalue weighted by Crippen LogP contribution is -2.20. The molecule has 2 rings (SSSR count). The van der Waals surface area contributed by atoms with Gasteiger partial charge in [0, 0.05) is 0 Å². The third-order valence-corrected chi connectivity index (χ3v) is 4.97. The van der Waals surface area contributed by atoms with Crippen molar-refractivity contribution in [2.45, 2.75) is 64.7 Å². The van der Waals surface area contributed by atoms with Crippen LogP contribution in [0.4, 0.5) is 4.39 Å². The maximum atomic E-state index is 13.8. The van der Waals surface area contributed by atoms with Crippen molar-refractivity contribution < 1.29 is 9.13 Å². The molecule has 0 radical (unpaired) electrons. The van der Waals surface area contributed by atoms with Crippen molar-refractivity contribution in [2.24, 2.45) is 11.8 Å². The van der Waals surface area contributed by atoms with Crippen LogP contribution in [0, 0.1) is 29.0 Å². The Balaban J connectivity index is 1.68. The lowest BCUT2D eigenvalue weighted by atomic mass is 9.80. The quantitative estimate of drug-likeness (QED) is 0.563. The average molecular weight is 317 g/mol. The first kappa shape index (κ1) is 17.8. The van der Waals surface area contributed by atoms with E-state index >= 15 is 0 Å². The Morgan fingerprint density at radius 3 is 2.52 bits per heavy atom. The molecule has 23 heavy (non-hydrogen) atoms. The van der Waals surface area contributed by atoms with Gasteiger partial charge >= 0.3 is 0 Å². The van der Waals surface area contributed by atoms with Crippen LogP contribution in [-0.2, 0) is 0 Å². The van der Waals surface area contributed by atoms with Crippen molar-refractivity contribution in [1.82, 2.24) is 0 Å². The molecule has 0 bridgehead atoms. The molecule has 0 aromatic heterocycles. The van der Waals surface area contributed by atoms with E-state index in [1.165, 1.54) is 63.9 Å². The van der Waals surface area contributed by atoms with Crippen LogP contribution < -0.4 is 4.74 Å². The van der Waals surface area contributed by atoms with Gasteiger partial charge in [-0.3, -0.25) is 0 Å². The second-order valence-corrected chi connectivity index (χ2v) is 6.80. The van der Waals surface area contributed by atoms with E-state index in [0.717, 1.165) is 5.92 Å². The summed E-state index contributed by atoms with van der Waals surface area (Å²) in [7, 11) is 0. The third kappa shape index (κ3) is 5.86. The van der Waals surface area contributed by atoms with E-state index in [9.17, 15) is 4.39 Å². The molecule has 1 aromatic rings. The van der Waals surface area contributed by atoms with Crippen LogP contribution in [0.1, 0.15) is 70.3 Å². The molecule has 1 aliphatic carbocycles. The predicted octanol–water partition coefficient (Wildman–Crippen LogP) is 5.85. The van der Waals surface area contributed by atoms with Gasteiger partial charge < -0.3 is 4.74 Å². The SMILES string of the molecule is CCCCCC[C@H]1CC[C@H](COc2ccc(C#N)cc2F)CC1. The standard InChI is InChI=1S/C20H28FNO/c1-2-3-4-5-6-16-7-9-17(10-8-16)15-23-20-12-11-18(14-22)13-19(20)21/h11-13,16-17H,2-10,15H2,1H3/t16-,17-. The molecule has 1 fully saturated rings. The molecule has 0 unspecified atom stereocenters. The van der Waals surface area contributed by atoms with Crippen LogP contribution in [0.2, 0.25) is 0 Å². The zero-order chi connectivity index (χ0) is 16.5. The van der Waals surface area contributed by atoms with E-state index in [1.807, 2.05) is 6.07 Å². The van der Waals surface area contributed by atoms with Gasteiger partial charge in [-0.15, -0.1) is 0 Å². The molecular weight excluding hydrogens is 289 g/mol. The van der Waals surface area contributed by atoms with Crippen molar-refractivity contribution in [3.8, 4) is 11.8 Å². The molecule has 0 heterocycles. The van der Waals surface area contributed by atoms with Gasteiger partial charge in [-0.1, -0.05) is 51.9 Å². The second kappa shape index (κ2) is 9.55. The lowest BCUT2D eigenvalue weighted by molar-refractivity contribution is 0.173. The fourth-order valence-electron chi connectivity index (χ4n) is 3.44. The summed E-state index contributed by atoms with van der Waals surface area (Å²) < 4.78 is 19.4. The fraction of sp³-hybridized carbons (Fsp3) is 0.650. The number of halogens is 1. The monoisotopic (exact) mass is 317 g/mol. The van der Waals surface area contributed by atoms with Gasteiger partial charge in [0.25, 0.3) is 0 Å². The number of unbranched alkanes of at least 4 members (excludes halogenated alkanes) is 3. The number of hydrogen-bond acceptors (Lipinski definition) is 2. The molecule has 0 saturated heterocycles. The average Bonchev–Trinajstić information content (AvgIpc) is 2.58. The largest absolute Gasteiger partial charge is 0.490 e. The highest BCUT2D eigenvalue weighted by Crippen LogP contribution is 2.32. The van der Waals surface area contributed by atoms with E-state index in [4.69, 9.17) is 10.00 Å². The van der Waals surface area contributed by atoms with Crippen molar-refractivity contribution in [2.75, 3.05) is 6.61 Å². The number of hydrogen-bond donors (Lipinski definition) is 0. The van der Waals surface area contributed by atoms with Crippen molar-refractivity contribution in [3.63, 3.8) is 0 Å². The highest BCUT2D eigenvalue weighted by atomic mass is 19.1. The Bertz CT molecular complexity index is 515. The normalized spacial score (nSPS) is 20.9. The summed E-state index contributed by atoms with van der Waals surface area (Å²) in [5, 5.41) is 8.75. The Hall–Kier alpha value is -1.56. The van der Waals surface area contributed by atoms with Crippen molar-refractivity contribution in [3.05, 3.63) is 29.6 Å². The summed E-state index contributed by atoms with van der Waals surface area (Å²) in [5.41, 5.74) is 0.332. The highest BCUT2D eigenvalue weighted by Gasteiger charge is 2.21. The Morgan fingerprint density at radius 1 is 1.13 bits per heavy atom. The molecule has 126 valence electrons. The summed E-state index contributed by atoms with van der Waals surface area (Å²) >= 11 is 0. The molecule has 0 spiro atoms. The van der Waals surface area contributed by atoms with Gasteiger partial charge in [0.05, 0.1) is 18.2 Å². The first-order valence-corrected chi connectivity index (χ1v) is 9.05. The Kier molecular flexibility index (Phi) is 7.39. The van der Waals surface area contributed by atoms with Gasteiger partial charge in [-0.25, -0.2) is 4.39 Å². The van der Waals surface area contributed by atoms with Crippen LogP contribution in [0.3, 0.4) is 0 Å². The molecule has 1 aromatic carbocycles. The van der Waals surface area contributed by atoms with Gasteiger partial charge in [0.2, 0.25) is 0 Å². The van der Waals surface area contributed by atoms with Crippen LogP contribution in [-0.4, -0.2) is 6.61 Å². The van der Waals surface area contributed by atoms with Crippen LogP contribution in [0.25, 0.3) is 0 Å². The number of ether oxygens (including phenoxy) is 1. The third-order valence-electron chi connectivity index (χ3n) is 4.97. The lowest BCUT2D eigenvalue weighted by Gasteiger charge is -2.28. The summed E-state index contributed by atoms with van der Waals surface area (Å²) in [4.78, 5) is 0. The molecule has 0 N–H and O–H groups in total. The summed E-state index contributed by atoms with van der Waals surface area (Å²) in [6.07, 6.45) is 11.7. The highest BCUT2D eigenvalue weighted by molar-refractivity contribution is 5.35. The van der Waals surface area contributed by atoms with Crippen LogP contribution >= 0.6 is 0 Å². The number of rotatable bonds is 8. The summed E-state index contributed by atoms with van der Waals surface area (Å²) in [5.74, 6) is 1.26. The van der Waals surface area contributed by atoms with Gasteiger partial charge in [0.1, 0.15) is 0 Å². The van der Waals surface area contributed by atoms with E-state index in [0.29, 0.717) is 18.1 Å². The maximum Gasteiger partial charge on any atom is 0.166 e. The topological polar surface area (TPSA) is 33.0 Å². The van der Waals surface area contributed by atoms with Crippen LogP contribution in [0.5, 0.6) is 5.75 Å². The summed E-state index contributed by atoms with van der Waals surface area (Å²) in [6, 6.07) is 6.34. The van der Waals surface area contributed by atoms with Crippen molar-refractivity contribution >= 4 is 0 Å². The van der Waals surface area contributed by atoms with Gasteiger partial charge in [0.15, 0.2) is 11.6 Å². The molecule has 0 aliphatic heterocycles. The molecular formula is C20H28FNO. The minimum atomic E-state index is -0.436. The zero-order valence-corrected chi connectivity index (χ0v) is 14.2. The van der Waals surface area contributed by atoms with Crippen molar-refractivity contribution in [1.29, 1.82) is 5.26 Å². The van der Waals surface area contributed by atoms with E-state index in [2.05, 4.69) is 6.92 Å². The molecule has 0 atom stereocenters. The second-order valence-electron chi connectivity index (χ2n) is 6.80. The number of nitrogens with zero attached hydrogens (tertiary/aromatic N) is 1. The molecule has 1 saturated carbocycles. The van der Waals surface area contributed by atoms with Gasteiger partial charge in [-0.05, 0) is 42.9 Å². The number of nitriles is 1. The first-order valence-electron chi connectivity index (χ1n) is 9.05. The predicted molar refractivity (Wildman–Crippen MR) is 90.8 cm³/mol. The molecule has 0 amide bonds. The smallest absolute Gasteiger partial charge is 0.166 e. The zero-order valence-electron chi connectivity index (χ0n) is 14.2.